The molecule has 0 saturated heterocycles. The van der Waals surface area contributed by atoms with E-state index in [9.17, 15) is 9.18 Å². The van der Waals surface area contributed by atoms with Gasteiger partial charge in [0.1, 0.15) is 17.4 Å². The van der Waals surface area contributed by atoms with E-state index in [0.717, 1.165) is 17.0 Å². The summed E-state index contributed by atoms with van der Waals surface area (Å²) in [6.07, 6.45) is 0.892. The van der Waals surface area contributed by atoms with Gasteiger partial charge < -0.3 is 10.1 Å². The molecular weight excluding hydrogens is 345 g/mol. The molecule has 1 amide bonds. The Bertz CT molecular complexity index is 919. The summed E-state index contributed by atoms with van der Waals surface area (Å²) in [6.45, 7) is 4.36. The first-order valence-electron chi connectivity index (χ1n) is 8.90. The number of hydrogen-bond donors (Lipinski definition) is 1. The van der Waals surface area contributed by atoms with Gasteiger partial charge in [0.2, 0.25) is 5.91 Å². The summed E-state index contributed by atoms with van der Waals surface area (Å²) in [6, 6.07) is 15.5. The summed E-state index contributed by atoms with van der Waals surface area (Å²) in [4.78, 5) is 12.4. The van der Waals surface area contributed by atoms with E-state index in [0.29, 0.717) is 31.0 Å². The third-order valence-electron chi connectivity index (χ3n) is 4.06. The molecule has 0 spiro atoms. The van der Waals surface area contributed by atoms with Crippen molar-refractivity contribution in [1.29, 1.82) is 0 Å². The number of nitrogens with one attached hydrogen (secondary N) is 1. The highest BCUT2D eigenvalue weighted by Gasteiger charge is 2.12. The maximum absolute atomic E-state index is 13.2. The Morgan fingerprint density at radius 3 is 2.67 bits per heavy atom. The number of nitrogens with zero attached hydrogens (tertiary/aromatic N) is 2. The Morgan fingerprint density at radius 1 is 1.19 bits per heavy atom. The second kappa shape index (κ2) is 8.49. The molecule has 1 aromatic heterocycles. The van der Waals surface area contributed by atoms with Crippen LogP contribution in [-0.2, 0) is 11.2 Å². The number of aryl methyl sites for hydroxylation is 2. The molecule has 5 nitrogen and oxygen atoms in total. The number of rotatable bonds is 7. The molecule has 2 aromatic carbocycles. The molecule has 0 aliphatic heterocycles. The van der Waals surface area contributed by atoms with Gasteiger partial charge in [-0.25, -0.2) is 9.07 Å². The maximum atomic E-state index is 13.2. The van der Waals surface area contributed by atoms with Crippen molar-refractivity contribution in [3.63, 3.8) is 0 Å². The normalized spacial score (nSPS) is 10.6. The zero-order valence-corrected chi connectivity index (χ0v) is 15.4. The Morgan fingerprint density at radius 2 is 1.93 bits per heavy atom. The molecule has 0 unspecified atom stereocenters. The van der Waals surface area contributed by atoms with Crippen molar-refractivity contribution in [2.75, 3.05) is 11.9 Å². The van der Waals surface area contributed by atoms with E-state index in [4.69, 9.17) is 4.74 Å². The van der Waals surface area contributed by atoms with Crippen LogP contribution in [0.5, 0.6) is 5.75 Å². The third kappa shape index (κ3) is 4.73. The van der Waals surface area contributed by atoms with Crippen LogP contribution in [0.2, 0.25) is 0 Å². The highest BCUT2D eigenvalue weighted by Crippen LogP contribution is 2.21. The second-order valence-corrected chi connectivity index (χ2v) is 6.15. The summed E-state index contributed by atoms with van der Waals surface area (Å²) in [5, 5.41) is 7.27. The molecule has 1 heterocycles. The summed E-state index contributed by atoms with van der Waals surface area (Å²) < 4.78 is 20.4. The first kappa shape index (κ1) is 18.6. The van der Waals surface area contributed by atoms with E-state index < -0.39 is 0 Å². The van der Waals surface area contributed by atoms with Crippen LogP contribution in [0.15, 0.2) is 54.6 Å². The van der Waals surface area contributed by atoms with Crippen LogP contribution >= 0.6 is 0 Å². The molecule has 0 bridgehead atoms. The van der Waals surface area contributed by atoms with Crippen LogP contribution in [-0.4, -0.2) is 22.3 Å². The minimum atomic E-state index is -0.318. The van der Waals surface area contributed by atoms with Crippen molar-refractivity contribution in [3.05, 3.63) is 71.7 Å². The fourth-order valence-corrected chi connectivity index (χ4v) is 2.83. The zero-order valence-electron chi connectivity index (χ0n) is 15.4. The maximum Gasteiger partial charge on any atom is 0.225 e. The van der Waals surface area contributed by atoms with Gasteiger partial charge in [0.15, 0.2) is 0 Å². The quantitative estimate of drug-likeness (QED) is 0.678. The first-order chi connectivity index (χ1) is 13.1. The summed E-state index contributed by atoms with van der Waals surface area (Å²) >= 11 is 0. The van der Waals surface area contributed by atoms with Gasteiger partial charge in [-0.3, -0.25) is 4.79 Å². The number of benzene rings is 2. The van der Waals surface area contributed by atoms with Crippen molar-refractivity contribution >= 4 is 11.7 Å². The largest absolute Gasteiger partial charge is 0.494 e. The van der Waals surface area contributed by atoms with Gasteiger partial charge >= 0.3 is 0 Å². The van der Waals surface area contributed by atoms with Gasteiger partial charge in [0.05, 0.1) is 18.0 Å². The van der Waals surface area contributed by atoms with Crippen LogP contribution in [0, 0.1) is 12.7 Å². The number of carbonyl (C=O) groups is 1. The third-order valence-corrected chi connectivity index (χ3v) is 4.06. The molecule has 0 aliphatic rings. The lowest BCUT2D eigenvalue weighted by Gasteiger charge is -2.11. The SMILES string of the molecule is CCOc1ccccc1CCC(=O)Nc1cc(C)nn1-c1ccc(F)cc1. The monoisotopic (exact) mass is 367 g/mol. The van der Waals surface area contributed by atoms with Crippen LogP contribution in [0.1, 0.15) is 24.6 Å². The lowest BCUT2D eigenvalue weighted by Crippen LogP contribution is -2.15. The second-order valence-electron chi connectivity index (χ2n) is 6.15. The van der Waals surface area contributed by atoms with Crippen molar-refractivity contribution in [2.45, 2.75) is 26.7 Å². The zero-order chi connectivity index (χ0) is 19.2. The number of ether oxygens (including phenoxy) is 1. The Kier molecular flexibility index (Phi) is 5.86. The number of carbonyl (C=O) groups excluding carboxylic acids is 1. The predicted octanol–water partition coefficient (Wildman–Crippen LogP) is 4.29. The number of anilines is 1. The van der Waals surface area contributed by atoms with Gasteiger partial charge in [0.25, 0.3) is 0 Å². The van der Waals surface area contributed by atoms with Crippen LogP contribution in [0.4, 0.5) is 10.2 Å². The average Bonchev–Trinajstić information content (AvgIpc) is 3.02. The number of aromatic nitrogens is 2. The van der Waals surface area contributed by atoms with Gasteiger partial charge in [-0.2, -0.15) is 5.10 Å². The van der Waals surface area contributed by atoms with Gasteiger partial charge in [-0.15, -0.1) is 0 Å². The number of halogens is 1. The van der Waals surface area contributed by atoms with Crippen LogP contribution in [0.25, 0.3) is 5.69 Å². The summed E-state index contributed by atoms with van der Waals surface area (Å²) in [5.41, 5.74) is 2.44. The van der Waals surface area contributed by atoms with E-state index in [-0.39, 0.29) is 11.7 Å². The van der Waals surface area contributed by atoms with Crippen molar-refractivity contribution in [2.24, 2.45) is 0 Å². The van der Waals surface area contributed by atoms with Crippen molar-refractivity contribution in [3.8, 4) is 11.4 Å². The molecule has 0 atom stereocenters. The average molecular weight is 367 g/mol. The van der Waals surface area contributed by atoms with E-state index in [1.54, 1.807) is 22.9 Å². The fourth-order valence-electron chi connectivity index (χ4n) is 2.83. The van der Waals surface area contributed by atoms with Crippen LogP contribution in [0.3, 0.4) is 0 Å². The lowest BCUT2D eigenvalue weighted by molar-refractivity contribution is -0.116. The molecule has 6 heteroatoms. The van der Waals surface area contributed by atoms with E-state index in [1.165, 1.54) is 12.1 Å². The lowest BCUT2D eigenvalue weighted by atomic mass is 10.1. The molecule has 0 radical (unpaired) electrons. The number of para-hydroxylation sites is 1. The first-order valence-corrected chi connectivity index (χ1v) is 8.90. The minimum absolute atomic E-state index is 0.121. The van der Waals surface area contributed by atoms with E-state index in [2.05, 4.69) is 10.4 Å². The van der Waals surface area contributed by atoms with Crippen LogP contribution < -0.4 is 10.1 Å². The van der Waals surface area contributed by atoms with Gasteiger partial charge in [-0.1, -0.05) is 18.2 Å². The Labute approximate surface area is 157 Å². The van der Waals surface area contributed by atoms with E-state index >= 15 is 0 Å². The minimum Gasteiger partial charge on any atom is -0.494 e. The number of hydrogen-bond acceptors (Lipinski definition) is 3. The Balaban J connectivity index is 1.69. The molecule has 1 N–H and O–H groups in total. The Hall–Kier alpha value is -3.15. The topological polar surface area (TPSA) is 56.1 Å². The molecule has 3 aromatic rings. The van der Waals surface area contributed by atoms with Gasteiger partial charge in [-0.05, 0) is 56.2 Å². The molecule has 0 saturated carbocycles. The van der Waals surface area contributed by atoms with Crippen molar-refractivity contribution in [1.82, 2.24) is 9.78 Å². The highest BCUT2D eigenvalue weighted by molar-refractivity contribution is 5.90. The molecule has 0 aliphatic carbocycles. The highest BCUT2D eigenvalue weighted by atomic mass is 19.1. The molecule has 27 heavy (non-hydrogen) atoms. The molecule has 0 fully saturated rings. The molecule has 3 rings (SSSR count). The summed E-state index contributed by atoms with van der Waals surface area (Å²) in [5.74, 6) is 0.924. The predicted molar refractivity (Wildman–Crippen MR) is 103 cm³/mol. The van der Waals surface area contributed by atoms with E-state index in [1.807, 2.05) is 38.1 Å². The number of amides is 1. The fraction of sp³-hybridized carbons (Fsp3) is 0.238. The molecule has 140 valence electrons. The standard InChI is InChI=1S/C21H22FN3O2/c1-3-27-19-7-5-4-6-16(19)8-13-21(26)23-20-14-15(2)24-25(20)18-11-9-17(22)10-12-18/h4-7,9-12,14H,3,8,13H2,1-2H3,(H,23,26). The smallest absolute Gasteiger partial charge is 0.225 e. The summed E-state index contributed by atoms with van der Waals surface area (Å²) in [7, 11) is 0. The van der Waals surface area contributed by atoms with Gasteiger partial charge in [0, 0.05) is 12.5 Å². The van der Waals surface area contributed by atoms with Crippen molar-refractivity contribution < 1.29 is 13.9 Å². The molecular formula is C21H22FN3O2.